The van der Waals surface area contributed by atoms with E-state index in [1.807, 2.05) is 43.3 Å². The molecule has 4 rings (SSSR count). The van der Waals surface area contributed by atoms with Crippen LogP contribution in [0.5, 0.6) is 0 Å². The van der Waals surface area contributed by atoms with Crippen LogP contribution in [0.3, 0.4) is 0 Å². The molecule has 0 N–H and O–H groups in total. The molecule has 0 fully saturated rings. The molecule has 0 saturated carbocycles. The number of hydrogen-bond acceptors (Lipinski definition) is 2. The average molecular weight is 356 g/mol. The normalized spacial score (nSPS) is 11.3. The van der Waals surface area contributed by atoms with Gasteiger partial charge in [0.25, 0.3) is 5.56 Å². The van der Waals surface area contributed by atoms with Gasteiger partial charge in [-0.3, -0.25) is 9.36 Å². The number of halogens is 1. The first kappa shape index (κ1) is 16.9. The Balaban J connectivity index is 1.99. The van der Waals surface area contributed by atoms with Crippen LogP contribution in [0.15, 0.2) is 77.6 Å². The zero-order chi connectivity index (χ0) is 18.8. The summed E-state index contributed by atoms with van der Waals surface area (Å²) in [5.74, 6) is 0.135. The van der Waals surface area contributed by atoms with Crippen molar-refractivity contribution < 1.29 is 4.39 Å². The molecule has 0 bridgehead atoms. The van der Waals surface area contributed by atoms with Crippen LogP contribution in [-0.2, 0) is 0 Å². The van der Waals surface area contributed by atoms with Gasteiger partial charge in [0.15, 0.2) is 0 Å². The lowest BCUT2D eigenvalue weighted by Crippen LogP contribution is -2.23. The van der Waals surface area contributed by atoms with Crippen LogP contribution < -0.4 is 5.56 Å². The summed E-state index contributed by atoms with van der Waals surface area (Å²) in [6, 6.07) is 21.4. The molecule has 0 saturated heterocycles. The highest BCUT2D eigenvalue weighted by molar-refractivity contribution is 5.80. The summed E-state index contributed by atoms with van der Waals surface area (Å²) >= 11 is 0. The van der Waals surface area contributed by atoms with E-state index in [1.165, 1.54) is 6.07 Å². The zero-order valence-electron chi connectivity index (χ0n) is 14.8. The molecule has 1 aromatic heterocycles. The Kier molecular flexibility index (Phi) is 4.38. The van der Waals surface area contributed by atoms with E-state index in [1.54, 1.807) is 47.1 Å². The van der Waals surface area contributed by atoms with Gasteiger partial charge in [-0.2, -0.15) is 0 Å². The molecule has 0 spiro atoms. The van der Waals surface area contributed by atoms with Crippen molar-refractivity contribution in [1.82, 2.24) is 9.55 Å². The van der Waals surface area contributed by atoms with Crippen molar-refractivity contribution in [2.75, 3.05) is 0 Å². The number of rotatable bonds is 3. The fourth-order valence-corrected chi connectivity index (χ4v) is 3.08. The molecule has 0 unspecified atom stereocenters. The van der Waals surface area contributed by atoms with Gasteiger partial charge in [0.1, 0.15) is 11.6 Å². The molecular formula is C23H17FN2O. The second kappa shape index (κ2) is 7.00. The van der Waals surface area contributed by atoms with Crippen LogP contribution in [0.2, 0.25) is 0 Å². The average Bonchev–Trinajstić information content (AvgIpc) is 2.68. The number of hydrogen-bond donors (Lipinski definition) is 0. The van der Waals surface area contributed by atoms with Crippen LogP contribution in [0.25, 0.3) is 28.7 Å². The summed E-state index contributed by atoms with van der Waals surface area (Å²) < 4.78 is 15.6. The molecule has 27 heavy (non-hydrogen) atoms. The van der Waals surface area contributed by atoms with Gasteiger partial charge in [0.05, 0.1) is 16.6 Å². The summed E-state index contributed by atoms with van der Waals surface area (Å²) in [4.78, 5) is 17.8. The van der Waals surface area contributed by atoms with Gasteiger partial charge < -0.3 is 0 Å². The summed E-state index contributed by atoms with van der Waals surface area (Å²) in [5, 5.41) is 0.545. The van der Waals surface area contributed by atoms with Gasteiger partial charge in [-0.25, -0.2) is 9.37 Å². The highest BCUT2D eigenvalue weighted by Gasteiger charge is 2.12. The van der Waals surface area contributed by atoms with E-state index in [0.29, 0.717) is 22.3 Å². The molecule has 3 nitrogen and oxygen atoms in total. The summed E-state index contributed by atoms with van der Waals surface area (Å²) in [5.41, 5.74) is 2.62. The van der Waals surface area contributed by atoms with Gasteiger partial charge >= 0.3 is 0 Å². The SMILES string of the molecule is Cc1ccccc1-n1c(/C=C\c2ccccc2F)nc2ccccc2c1=O. The van der Waals surface area contributed by atoms with Crippen LogP contribution >= 0.6 is 0 Å². The number of para-hydroxylation sites is 2. The molecule has 0 amide bonds. The minimum Gasteiger partial charge on any atom is -0.268 e. The predicted octanol–water partition coefficient (Wildman–Crippen LogP) is 5.00. The minimum atomic E-state index is -0.320. The second-order valence-corrected chi connectivity index (χ2v) is 6.27. The molecule has 3 aromatic carbocycles. The Morgan fingerprint density at radius 1 is 0.889 bits per heavy atom. The number of fused-ring (bicyclic) bond motifs is 1. The summed E-state index contributed by atoms with van der Waals surface area (Å²) in [6.07, 6.45) is 3.32. The van der Waals surface area contributed by atoms with Gasteiger partial charge in [-0.05, 0) is 48.9 Å². The van der Waals surface area contributed by atoms with Crippen molar-refractivity contribution in [3.8, 4) is 5.69 Å². The standard InChI is InChI=1S/C23H17FN2O/c1-16-8-2-7-13-21(16)26-22(15-14-17-9-3-5-11-19(17)24)25-20-12-6-4-10-18(20)23(26)27/h2-15H,1H3/b15-14-. The van der Waals surface area contributed by atoms with E-state index in [9.17, 15) is 9.18 Å². The van der Waals surface area contributed by atoms with Crippen molar-refractivity contribution in [1.29, 1.82) is 0 Å². The topological polar surface area (TPSA) is 34.9 Å². The van der Waals surface area contributed by atoms with E-state index >= 15 is 0 Å². The molecule has 132 valence electrons. The Bertz CT molecular complexity index is 1220. The summed E-state index contributed by atoms with van der Waals surface area (Å²) in [7, 11) is 0. The first-order chi connectivity index (χ1) is 13.1. The number of nitrogens with zero attached hydrogens (tertiary/aromatic N) is 2. The summed E-state index contributed by atoms with van der Waals surface area (Å²) in [6.45, 7) is 1.95. The maximum atomic E-state index is 14.0. The number of benzene rings is 3. The van der Waals surface area contributed by atoms with E-state index in [2.05, 4.69) is 4.98 Å². The third-order valence-electron chi connectivity index (χ3n) is 4.48. The Labute approximate surface area is 156 Å². The maximum Gasteiger partial charge on any atom is 0.266 e. The highest BCUT2D eigenvalue weighted by Crippen LogP contribution is 2.18. The van der Waals surface area contributed by atoms with Gasteiger partial charge in [0.2, 0.25) is 0 Å². The third kappa shape index (κ3) is 3.17. The quantitative estimate of drug-likeness (QED) is 0.517. The van der Waals surface area contributed by atoms with Gasteiger partial charge in [-0.15, -0.1) is 0 Å². The lowest BCUT2D eigenvalue weighted by atomic mass is 10.1. The van der Waals surface area contributed by atoms with Crippen LogP contribution in [0.4, 0.5) is 4.39 Å². The van der Waals surface area contributed by atoms with Crippen molar-refractivity contribution in [2.24, 2.45) is 0 Å². The maximum absolute atomic E-state index is 14.0. The Hall–Kier alpha value is -3.53. The molecule has 1 heterocycles. The van der Waals surface area contributed by atoms with Crippen molar-refractivity contribution in [3.05, 3.63) is 106 Å². The fourth-order valence-electron chi connectivity index (χ4n) is 3.08. The molecule has 0 radical (unpaired) electrons. The smallest absolute Gasteiger partial charge is 0.266 e. The van der Waals surface area contributed by atoms with Gasteiger partial charge in [0, 0.05) is 5.56 Å². The predicted molar refractivity (Wildman–Crippen MR) is 107 cm³/mol. The van der Waals surface area contributed by atoms with E-state index in [0.717, 1.165) is 11.3 Å². The van der Waals surface area contributed by atoms with Crippen molar-refractivity contribution in [3.63, 3.8) is 0 Å². The van der Waals surface area contributed by atoms with E-state index < -0.39 is 0 Å². The second-order valence-electron chi connectivity index (χ2n) is 6.27. The number of aromatic nitrogens is 2. The molecule has 0 aliphatic carbocycles. The molecule has 0 aliphatic heterocycles. The van der Waals surface area contributed by atoms with E-state index in [-0.39, 0.29) is 11.4 Å². The Morgan fingerprint density at radius 2 is 1.59 bits per heavy atom. The molecular weight excluding hydrogens is 339 g/mol. The largest absolute Gasteiger partial charge is 0.268 e. The third-order valence-corrected chi connectivity index (χ3v) is 4.48. The minimum absolute atomic E-state index is 0.150. The molecule has 0 aliphatic rings. The molecule has 0 atom stereocenters. The van der Waals surface area contributed by atoms with Crippen LogP contribution in [0.1, 0.15) is 17.0 Å². The molecule has 4 aromatic rings. The fraction of sp³-hybridized carbons (Fsp3) is 0.0435. The van der Waals surface area contributed by atoms with E-state index in [4.69, 9.17) is 0 Å². The Morgan fingerprint density at radius 3 is 2.41 bits per heavy atom. The lowest BCUT2D eigenvalue weighted by Gasteiger charge is -2.13. The first-order valence-corrected chi connectivity index (χ1v) is 8.65. The van der Waals surface area contributed by atoms with Crippen LogP contribution in [-0.4, -0.2) is 9.55 Å². The zero-order valence-corrected chi connectivity index (χ0v) is 14.8. The number of aryl methyl sites for hydroxylation is 1. The first-order valence-electron chi connectivity index (χ1n) is 8.65. The molecule has 4 heteroatoms. The van der Waals surface area contributed by atoms with Crippen molar-refractivity contribution >= 4 is 23.1 Å². The highest BCUT2D eigenvalue weighted by atomic mass is 19.1. The monoisotopic (exact) mass is 356 g/mol. The lowest BCUT2D eigenvalue weighted by molar-refractivity contribution is 0.625. The van der Waals surface area contributed by atoms with Crippen molar-refractivity contribution in [2.45, 2.75) is 6.92 Å². The van der Waals surface area contributed by atoms with Crippen LogP contribution in [0, 0.1) is 12.7 Å². The van der Waals surface area contributed by atoms with Gasteiger partial charge in [-0.1, -0.05) is 48.5 Å².